The first-order chi connectivity index (χ1) is 26.5. The zero-order chi connectivity index (χ0) is 37.4. The summed E-state index contributed by atoms with van der Waals surface area (Å²) in [5.74, 6) is 0. The van der Waals surface area contributed by atoms with Gasteiger partial charge in [-0.05, 0) is 87.6 Å². The largest absolute Gasteiger partial charge is 0.456 e. The lowest BCUT2D eigenvalue weighted by Crippen LogP contribution is -2.37. The van der Waals surface area contributed by atoms with Crippen molar-refractivity contribution in [2.75, 3.05) is 5.32 Å². The Morgan fingerprint density at radius 2 is 1.31 bits per heavy atom. The van der Waals surface area contributed by atoms with E-state index in [2.05, 4.69) is 179 Å². The summed E-state index contributed by atoms with van der Waals surface area (Å²) in [6.45, 7) is 13.7. The summed E-state index contributed by atoms with van der Waals surface area (Å²) in [5.41, 5.74) is 15.7. The molecule has 55 heavy (non-hydrogen) atoms. The summed E-state index contributed by atoms with van der Waals surface area (Å²) < 4.78 is 11.7. The molecule has 266 valence electrons. The number of rotatable bonds is 3. The van der Waals surface area contributed by atoms with Gasteiger partial charge in [-0.15, -0.1) is 11.3 Å². The molecule has 4 heterocycles. The maximum Gasteiger partial charge on any atom is 0.198 e. The number of fused-ring (bicyclic) bond motifs is 11. The van der Waals surface area contributed by atoms with Gasteiger partial charge in [0, 0.05) is 75.9 Å². The Morgan fingerprint density at radius 3 is 2.11 bits per heavy atom. The highest BCUT2D eigenvalue weighted by Gasteiger charge is 2.29. The minimum atomic E-state index is -0.00585. The predicted octanol–water partition coefficient (Wildman–Crippen LogP) is 12.8. The number of para-hydroxylation sites is 1. The van der Waals surface area contributed by atoms with Crippen LogP contribution in [0.2, 0.25) is 0 Å². The quantitative estimate of drug-likeness (QED) is 0.184. The van der Waals surface area contributed by atoms with Crippen LogP contribution in [0.4, 0.5) is 11.4 Å². The second kappa shape index (κ2) is 11.4. The fourth-order valence-electron chi connectivity index (χ4n) is 8.97. The second-order valence-electron chi connectivity index (χ2n) is 17.5. The summed E-state index contributed by atoms with van der Waals surface area (Å²) in [4.78, 5) is 0. The molecule has 0 amide bonds. The summed E-state index contributed by atoms with van der Waals surface area (Å²) in [5, 5.41) is 11.4. The summed E-state index contributed by atoms with van der Waals surface area (Å²) in [7, 11) is 0.848. The van der Waals surface area contributed by atoms with Crippen LogP contribution in [-0.4, -0.2) is 11.8 Å². The van der Waals surface area contributed by atoms with Gasteiger partial charge in [-0.1, -0.05) is 114 Å². The van der Waals surface area contributed by atoms with E-state index in [0.717, 1.165) is 40.6 Å². The van der Waals surface area contributed by atoms with E-state index in [1.807, 2.05) is 11.3 Å². The lowest BCUT2D eigenvalue weighted by atomic mass is 9.59. The highest BCUT2D eigenvalue weighted by Crippen LogP contribution is 2.43. The molecular formula is C50H41BN2OS. The number of benzene rings is 7. The Balaban J connectivity index is 1.20. The van der Waals surface area contributed by atoms with E-state index in [0.29, 0.717) is 0 Å². The minimum Gasteiger partial charge on any atom is -0.456 e. The van der Waals surface area contributed by atoms with Crippen LogP contribution in [0.5, 0.6) is 0 Å². The maximum absolute atomic E-state index is 6.52. The zero-order valence-corrected chi connectivity index (χ0v) is 32.9. The molecule has 3 nitrogen and oxygen atoms in total. The van der Waals surface area contributed by atoms with E-state index in [1.54, 1.807) is 0 Å². The van der Waals surface area contributed by atoms with Gasteiger partial charge < -0.3 is 14.3 Å². The molecular weight excluding hydrogens is 687 g/mol. The molecule has 1 aliphatic rings. The summed E-state index contributed by atoms with van der Waals surface area (Å²) >= 11 is 1.90. The Labute approximate surface area is 325 Å². The van der Waals surface area contributed by atoms with Crippen LogP contribution in [0.1, 0.15) is 52.7 Å². The molecule has 10 aromatic rings. The third kappa shape index (κ3) is 4.95. The fourth-order valence-corrected chi connectivity index (χ4v) is 10.1. The Hall–Kier alpha value is -5.78. The molecule has 1 aliphatic heterocycles. The maximum atomic E-state index is 6.52. The summed E-state index contributed by atoms with van der Waals surface area (Å²) in [6.07, 6.45) is 0. The standard InChI is InChI=1S/C50H41BN2OS/c1-49(2,3)28-15-18-30(19-16-28)52-40-22-17-29(50(4,5)6)23-35(40)33-20-21-34-36-24-37-31-11-7-9-13-43(31)54-44(37)27-41(36)53-42-25-38-32-12-8-10-14-45(32)55-46(38)26-39(42)51-47(33)48(34)53/h7-27,51-52H,1-6H3. The van der Waals surface area contributed by atoms with Crippen LogP contribution in [0.25, 0.3) is 80.7 Å². The third-order valence-corrected chi connectivity index (χ3v) is 13.1. The molecule has 1 N–H and O–H groups in total. The number of hydrogen-bond acceptors (Lipinski definition) is 3. The van der Waals surface area contributed by atoms with Crippen molar-refractivity contribution < 1.29 is 4.42 Å². The van der Waals surface area contributed by atoms with Gasteiger partial charge in [-0.25, -0.2) is 0 Å². The minimum absolute atomic E-state index is 0.00585. The zero-order valence-electron chi connectivity index (χ0n) is 32.1. The molecule has 0 saturated heterocycles. The molecule has 0 fully saturated rings. The van der Waals surface area contributed by atoms with Crippen molar-refractivity contribution in [1.29, 1.82) is 0 Å². The third-order valence-electron chi connectivity index (χ3n) is 11.9. The molecule has 0 unspecified atom stereocenters. The lowest BCUT2D eigenvalue weighted by molar-refractivity contribution is 0.590. The lowest BCUT2D eigenvalue weighted by Gasteiger charge is -2.26. The van der Waals surface area contributed by atoms with Crippen molar-refractivity contribution in [1.82, 2.24) is 4.57 Å². The SMILES string of the molecule is CC(C)(C)c1ccc(Nc2ccc(C(C)(C)C)cc2-c2ccc3c4cc5c(cc4n4c3c2Bc2cc3sc6ccccc6c3cc2-4)oc2ccccc25)cc1. The van der Waals surface area contributed by atoms with Crippen LogP contribution in [0.15, 0.2) is 132 Å². The number of furan rings is 1. The number of aromatic nitrogens is 1. The van der Waals surface area contributed by atoms with Crippen molar-refractivity contribution in [2.24, 2.45) is 0 Å². The van der Waals surface area contributed by atoms with E-state index in [4.69, 9.17) is 4.42 Å². The van der Waals surface area contributed by atoms with Crippen LogP contribution < -0.4 is 16.2 Å². The smallest absolute Gasteiger partial charge is 0.198 e. The molecule has 3 aromatic heterocycles. The van der Waals surface area contributed by atoms with E-state index in [9.17, 15) is 0 Å². The number of nitrogens with zero attached hydrogens (tertiary/aromatic N) is 1. The predicted molar refractivity (Wildman–Crippen MR) is 240 cm³/mol. The van der Waals surface area contributed by atoms with E-state index in [1.165, 1.54) is 80.8 Å². The van der Waals surface area contributed by atoms with Crippen molar-refractivity contribution in [2.45, 2.75) is 52.4 Å². The Kier molecular flexibility index (Phi) is 6.75. The van der Waals surface area contributed by atoms with Crippen molar-refractivity contribution in [3.63, 3.8) is 0 Å². The highest BCUT2D eigenvalue weighted by molar-refractivity contribution is 7.26. The number of nitrogens with one attached hydrogen (secondary N) is 1. The van der Waals surface area contributed by atoms with Gasteiger partial charge in [0.15, 0.2) is 7.28 Å². The fraction of sp³-hybridized carbons (Fsp3) is 0.160. The van der Waals surface area contributed by atoms with Gasteiger partial charge in [-0.2, -0.15) is 0 Å². The van der Waals surface area contributed by atoms with Gasteiger partial charge in [0.05, 0.1) is 5.52 Å². The van der Waals surface area contributed by atoms with E-state index < -0.39 is 0 Å². The molecule has 0 radical (unpaired) electrons. The number of hydrogen-bond donors (Lipinski definition) is 1. The van der Waals surface area contributed by atoms with Crippen LogP contribution in [0, 0.1) is 0 Å². The molecule has 0 bridgehead atoms. The molecule has 0 aliphatic carbocycles. The first-order valence-electron chi connectivity index (χ1n) is 19.4. The van der Waals surface area contributed by atoms with Gasteiger partial charge in [-0.3, -0.25) is 0 Å². The number of thiophene rings is 1. The topological polar surface area (TPSA) is 30.1 Å². The average Bonchev–Trinajstić information content (AvgIpc) is 3.82. The van der Waals surface area contributed by atoms with Crippen LogP contribution in [-0.2, 0) is 10.8 Å². The van der Waals surface area contributed by atoms with Gasteiger partial charge in [0.2, 0.25) is 0 Å². The van der Waals surface area contributed by atoms with Crippen molar-refractivity contribution in [3.05, 3.63) is 139 Å². The van der Waals surface area contributed by atoms with Crippen molar-refractivity contribution >= 4 is 105 Å². The first kappa shape index (κ1) is 32.6. The molecule has 0 spiro atoms. The Bertz CT molecular complexity index is 3220. The summed E-state index contributed by atoms with van der Waals surface area (Å²) in [6, 6.07) is 47.5. The van der Waals surface area contributed by atoms with Gasteiger partial charge >= 0.3 is 0 Å². The first-order valence-corrected chi connectivity index (χ1v) is 20.2. The van der Waals surface area contributed by atoms with E-state index in [-0.39, 0.29) is 10.8 Å². The van der Waals surface area contributed by atoms with Crippen LogP contribution in [0.3, 0.4) is 0 Å². The van der Waals surface area contributed by atoms with Crippen molar-refractivity contribution in [3.8, 4) is 16.8 Å². The number of anilines is 2. The molecule has 5 heteroatoms. The normalized spacial score (nSPS) is 13.1. The molecule has 11 rings (SSSR count). The molecule has 0 saturated carbocycles. The Morgan fingerprint density at radius 1 is 0.564 bits per heavy atom. The van der Waals surface area contributed by atoms with Gasteiger partial charge in [0.25, 0.3) is 0 Å². The van der Waals surface area contributed by atoms with Crippen LogP contribution >= 0.6 is 11.3 Å². The van der Waals surface area contributed by atoms with E-state index >= 15 is 0 Å². The highest BCUT2D eigenvalue weighted by atomic mass is 32.1. The van der Waals surface area contributed by atoms with Gasteiger partial charge in [0.1, 0.15) is 11.2 Å². The molecule has 0 atom stereocenters. The average molecular weight is 729 g/mol. The monoisotopic (exact) mass is 728 g/mol. The second-order valence-corrected chi connectivity index (χ2v) is 18.6. The molecule has 7 aromatic carbocycles.